The highest BCUT2D eigenvalue weighted by molar-refractivity contribution is 6.33. The first kappa shape index (κ1) is 13.7. The van der Waals surface area contributed by atoms with Crippen LogP contribution in [0.3, 0.4) is 0 Å². The van der Waals surface area contributed by atoms with Crippen molar-refractivity contribution in [2.24, 2.45) is 0 Å². The number of pyridine rings is 1. The van der Waals surface area contributed by atoms with Gasteiger partial charge in [-0.3, -0.25) is 4.79 Å². The summed E-state index contributed by atoms with van der Waals surface area (Å²) in [5.41, 5.74) is 0.400. The maximum Gasteiger partial charge on any atom is 0.255 e. The number of hydrogen-bond donors (Lipinski definition) is 2. The normalized spacial score (nSPS) is 12.1. The van der Waals surface area contributed by atoms with Gasteiger partial charge in [0.15, 0.2) is 0 Å². The predicted molar refractivity (Wildman–Crippen MR) is 67.4 cm³/mol. The first-order valence-electron chi connectivity index (χ1n) is 5.22. The maximum atomic E-state index is 12.0. The average molecular weight is 258 g/mol. The molecular weight excluding hydrogens is 242 g/mol. The van der Waals surface area contributed by atoms with Gasteiger partial charge in [-0.05, 0) is 13.0 Å². The van der Waals surface area contributed by atoms with Gasteiger partial charge in [0, 0.05) is 20.3 Å². The topological polar surface area (TPSA) is 65.5 Å². The number of halogens is 1. The van der Waals surface area contributed by atoms with Crippen LogP contribution < -0.4 is 5.32 Å². The van der Waals surface area contributed by atoms with E-state index in [1.165, 1.54) is 11.1 Å². The van der Waals surface area contributed by atoms with Crippen molar-refractivity contribution in [2.45, 2.75) is 13.0 Å². The van der Waals surface area contributed by atoms with Gasteiger partial charge in [0.25, 0.3) is 5.91 Å². The lowest BCUT2D eigenvalue weighted by atomic mass is 10.2. The van der Waals surface area contributed by atoms with E-state index < -0.39 is 0 Å². The Kier molecular flexibility index (Phi) is 4.72. The lowest BCUT2D eigenvalue weighted by Crippen LogP contribution is -2.37. The summed E-state index contributed by atoms with van der Waals surface area (Å²) < 4.78 is 0. The van der Waals surface area contributed by atoms with Gasteiger partial charge in [-0.25, -0.2) is 4.98 Å². The van der Waals surface area contributed by atoms with Gasteiger partial charge in [0.2, 0.25) is 0 Å². The predicted octanol–water partition coefficient (Wildman–Crippen LogP) is 1.23. The van der Waals surface area contributed by atoms with E-state index in [4.69, 9.17) is 16.7 Å². The quantitative estimate of drug-likeness (QED) is 0.852. The number of amides is 1. The minimum atomic E-state index is -0.245. The summed E-state index contributed by atoms with van der Waals surface area (Å²) in [6, 6.07) is 1.31. The second-order valence-electron chi connectivity index (χ2n) is 3.75. The molecular formula is C11H16ClN3O2. The molecule has 0 radical (unpaired) electrons. The van der Waals surface area contributed by atoms with Crippen molar-refractivity contribution < 1.29 is 9.90 Å². The minimum Gasteiger partial charge on any atom is -0.394 e. The van der Waals surface area contributed by atoms with E-state index in [1.54, 1.807) is 27.1 Å². The van der Waals surface area contributed by atoms with Crippen molar-refractivity contribution in [3.63, 3.8) is 0 Å². The second-order valence-corrected chi connectivity index (χ2v) is 4.16. The number of carbonyl (C=O) groups excluding carboxylic acids is 1. The molecule has 0 spiro atoms. The number of carbonyl (C=O) groups is 1. The van der Waals surface area contributed by atoms with E-state index >= 15 is 0 Å². The fraction of sp³-hybridized carbons (Fsp3) is 0.455. The highest BCUT2D eigenvalue weighted by Crippen LogP contribution is 2.20. The molecule has 2 N–H and O–H groups in total. The van der Waals surface area contributed by atoms with E-state index in [2.05, 4.69) is 10.3 Å². The maximum absolute atomic E-state index is 12.0. The number of aliphatic hydroxyl groups is 1. The molecule has 6 heteroatoms. The Labute approximate surface area is 105 Å². The summed E-state index contributed by atoms with van der Waals surface area (Å²) in [7, 11) is 3.33. The van der Waals surface area contributed by atoms with E-state index in [-0.39, 0.29) is 18.6 Å². The molecule has 1 aromatic rings. The van der Waals surface area contributed by atoms with Gasteiger partial charge in [-0.1, -0.05) is 11.6 Å². The van der Waals surface area contributed by atoms with Gasteiger partial charge in [0.05, 0.1) is 23.2 Å². The van der Waals surface area contributed by atoms with Gasteiger partial charge in [-0.15, -0.1) is 0 Å². The van der Waals surface area contributed by atoms with Crippen LogP contribution in [0, 0.1) is 0 Å². The molecule has 17 heavy (non-hydrogen) atoms. The van der Waals surface area contributed by atoms with Gasteiger partial charge in [0.1, 0.15) is 5.82 Å². The molecule has 1 amide bonds. The van der Waals surface area contributed by atoms with Crippen LogP contribution in [0.5, 0.6) is 0 Å². The molecule has 0 aliphatic rings. The fourth-order valence-corrected chi connectivity index (χ4v) is 1.53. The molecule has 1 unspecified atom stereocenters. The second kappa shape index (κ2) is 5.84. The summed E-state index contributed by atoms with van der Waals surface area (Å²) in [6.45, 7) is 1.67. The molecule has 0 fully saturated rings. The van der Waals surface area contributed by atoms with Crippen LogP contribution >= 0.6 is 11.6 Å². The van der Waals surface area contributed by atoms with Crippen LogP contribution in [-0.4, -0.2) is 47.6 Å². The van der Waals surface area contributed by atoms with E-state index in [9.17, 15) is 4.79 Å². The van der Waals surface area contributed by atoms with Crippen LogP contribution in [-0.2, 0) is 0 Å². The first-order chi connectivity index (χ1) is 8.01. The highest BCUT2D eigenvalue weighted by Gasteiger charge is 2.18. The van der Waals surface area contributed by atoms with Gasteiger partial charge < -0.3 is 15.3 Å². The zero-order valence-electron chi connectivity index (χ0n) is 10.1. The van der Waals surface area contributed by atoms with E-state index in [0.717, 1.165) is 0 Å². The molecule has 0 aliphatic heterocycles. The Morgan fingerprint density at radius 2 is 2.35 bits per heavy atom. The number of hydrogen-bond acceptors (Lipinski definition) is 4. The van der Waals surface area contributed by atoms with Crippen molar-refractivity contribution in [1.82, 2.24) is 9.88 Å². The van der Waals surface area contributed by atoms with Crippen molar-refractivity contribution in [3.8, 4) is 0 Å². The molecule has 1 heterocycles. The van der Waals surface area contributed by atoms with E-state index in [1.807, 2.05) is 0 Å². The third-order valence-electron chi connectivity index (χ3n) is 2.57. The molecule has 1 atom stereocenters. The first-order valence-corrected chi connectivity index (χ1v) is 5.60. The third-order valence-corrected chi connectivity index (χ3v) is 2.86. The summed E-state index contributed by atoms with van der Waals surface area (Å²) in [5.74, 6) is 0.310. The van der Waals surface area contributed by atoms with Crippen LogP contribution in [0.25, 0.3) is 0 Å². The largest absolute Gasteiger partial charge is 0.394 e. The smallest absolute Gasteiger partial charge is 0.255 e. The standard InChI is InChI=1S/C11H16ClN3O2/c1-7(6-16)15(3)11(17)8-4-9(12)10(13-2)14-5-8/h4-5,7,16H,6H2,1-3H3,(H,13,14). The van der Waals surface area contributed by atoms with Crippen molar-refractivity contribution >= 4 is 23.3 Å². The minimum absolute atomic E-state index is 0.0853. The van der Waals surface area contributed by atoms with Crippen LogP contribution in [0.2, 0.25) is 5.02 Å². The number of aliphatic hydroxyl groups excluding tert-OH is 1. The summed E-state index contributed by atoms with van der Waals surface area (Å²) in [6.07, 6.45) is 1.46. The Morgan fingerprint density at radius 3 is 2.82 bits per heavy atom. The Hall–Kier alpha value is -1.33. The fourth-order valence-electron chi connectivity index (χ4n) is 1.27. The van der Waals surface area contributed by atoms with Crippen molar-refractivity contribution in [1.29, 1.82) is 0 Å². The molecule has 94 valence electrons. The monoisotopic (exact) mass is 257 g/mol. The lowest BCUT2D eigenvalue weighted by Gasteiger charge is -2.23. The number of nitrogens with zero attached hydrogens (tertiary/aromatic N) is 2. The number of aromatic nitrogens is 1. The number of rotatable bonds is 4. The highest BCUT2D eigenvalue weighted by atomic mass is 35.5. The van der Waals surface area contributed by atoms with E-state index in [0.29, 0.717) is 16.4 Å². The Balaban J connectivity index is 2.93. The summed E-state index contributed by atoms with van der Waals surface area (Å²) >= 11 is 5.95. The molecule has 1 aromatic heterocycles. The Bertz CT molecular complexity index is 412. The molecule has 0 aliphatic carbocycles. The van der Waals surface area contributed by atoms with Crippen LogP contribution in [0.15, 0.2) is 12.3 Å². The Morgan fingerprint density at radius 1 is 1.71 bits per heavy atom. The van der Waals surface area contributed by atoms with Crippen LogP contribution in [0.1, 0.15) is 17.3 Å². The van der Waals surface area contributed by atoms with Gasteiger partial charge in [-0.2, -0.15) is 0 Å². The summed E-state index contributed by atoms with van der Waals surface area (Å²) in [5, 5.41) is 12.2. The zero-order valence-corrected chi connectivity index (χ0v) is 10.8. The number of nitrogens with one attached hydrogen (secondary N) is 1. The molecule has 0 saturated heterocycles. The zero-order chi connectivity index (χ0) is 13.0. The summed E-state index contributed by atoms with van der Waals surface area (Å²) in [4.78, 5) is 17.5. The molecule has 0 saturated carbocycles. The van der Waals surface area contributed by atoms with Gasteiger partial charge >= 0.3 is 0 Å². The molecule has 5 nitrogen and oxygen atoms in total. The SMILES string of the molecule is CNc1ncc(C(=O)N(C)C(C)CO)cc1Cl. The number of anilines is 1. The third kappa shape index (κ3) is 3.08. The average Bonchev–Trinajstić information content (AvgIpc) is 2.35. The molecule has 1 rings (SSSR count). The van der Waals surface area contributed by atoms with Crippen molar-refractivity contribution in [2.75, 3.05) is 26.0 Å². The van der Waals surface area contributed by atoms with Crippen molar-refractivity contribution in [3.05, 3.63) is 22.8 Å². The lowest BCUT2D eigenvalue weighted by molar-refractivity contribution is 0.0682. The molecule has 0 aromatic carbocycles. The molecule has 0 bridgehead atoms. The van der Waals surface area contributed by atoms with Crippen LogP contribution in [0.4, 0.5) is 5.82 Å². The number of likely N-dealkylation sites (N-methyl/N-ethyl adjacent to an activating group) is 1.